The Balaban J connectivity index is 1.77. The molecule has 0 heterocycles. The van der Waals surface area contributed by atoms with E-state index in [9.17, 15) is 31.9 Å². The first-order valence-corrected chi connectivity index (χ1v) is 10.6. The fourth-order valence-electron chi connectivity index (χ4n) is 3.26. The van der Waals surface area contributed by atoms with Crippen molar-refractivity contribution in [3.63, 3.8) is 0 Å². The van der Waals surface area contributed by atoms with E-state index >= 15 is 0 Å². The molecule has 0 radical (unpaired) electrons. The van der Waals surface area contributed by atoms with Gasteiger partial charge in [0.25, 0.3) is 5.91 Å². The van der Waals surface area contributed by atoms with Crippen molar-refractivity contribution in [3.8, 4) is 5.75 Å². The molecule has 10 heteroatoms. The molecule has 0 aliphatic heterocycles. The van der Waals surface area contributed by atoms with Crippen molar-refractivity contribution in [2.45, 2.75) is 25.6 Å². The maximum absolute atomic E-state index is 14.1. The molecule has 0 aromatic heterocycles. The highest BCUT2D eigenvalue weighted by Crippen LogP contribution is 2.30. The standard InChI is InChI=1S/C26H21F4NO5/c1-15-3-5-17(6-4-15)24(33)31-22(16-7-10-19(35-2)11-8-16)14-23(32)36-25(34)20-12-9-18(13-21(20)27)26(28,29)30/h3-13,22H,14H2,1-2H3,(H,31,33). The van der Waals surface area contributed by atoms with E-state index in [0.29, 0.717) is 29.0 Å². The Kier molecular flexibility index (Phi) is 8.08. The molecular formula is C26H21F4NO5. The third kappa shape index (κ3) is 6.68. The number of nitrogens with one attached hydrogen (secondary N) is 1. The van der Waals surface area contributed by atoms with Crippen LogP contribution in [-0.2, 0) is 15.7 Å². The molecule has 1 unspecified atom stereocenters. The lowest BCUT2D eigenvalue weighted by Crippen LogP contribution is -2.31. The molecule has 36 heavy (non-hydrogen) atoms. The topological polar surface area (TPSA) is 81.7 Å². The summed E-state index contributed by atoms with van der Waals surface area (Å²) in [5.41, 5.74) is -0.366. The Morgan fingerprint density at radius 3 is 2.14 bits per heavy atom. The van der Waals surface area contributed by atoms with E-state index in [-0.39, 0.29) is 6.07 Å². The third-order valence-electron chi connectivity index (χ3n) is 5.23. The predicted octanol–water partition coefficient (Wildman–Crippen LogP) is 5.41. The van der Waals surface area contributed by atoms with E-state index in [2.05, 4.69) is 10.1 Å². The highest BCUT2D eigenvalue weighted by atomic mass is 19.4. The average Bonchev–Trinajstić information content (AvgIpc) is 2.83. The van der Waals surface area contributed by atoms with Crippen molar-refractivity contribution >= 4 is 17.8 Å². The molecule has 0 aliphatic carbocycles. The van der Waals surface area contributed by atoms with Crippen LogP contribution in [0.2, 0.25) is 0 Å². The van der Waals surface area contributed by atoms with Gasteiger partial charge in [0.2, 0.25) is 0 Å². The van der Waals surface area contributed by atoms with Crippen LogP contribution in [0.4, 0.5) is 17.6 Å². The average molecular weight is 503 g/mol. The van der Waals surface area contributed by atoms with Gasteiger partial charge in [0.05, 0.1) is 30.7 Å². The Hall–Kier alpha value is -4.21. The number of methoxy groups -OCH3 is 1. The number of hydrogen-bond acceptors (Lipinski definition) is 5. The maximum atomic E-state index is 14.1. The van der Waals surface area contributed by atoms with E-state index in [0.717, 1.165) is 5.56 Å². The molecule has 0 spiro atoms. The van der Waals surface area contributed by atoms with E-state index in [1.165, 1.54) is 7.11 Å². The van der Waals surface area contributed by atoms with Crippen molar-refractivity contribution in [2.24, 2.45) is 0 Å². The number of aryl methyl sites for hydroxylation is 1. The first kappa shape index (κ1) is 26.4. The summed E-state index contributed by atoms with van der Waals surface area (Å²) >= 11 is 0. The van der Waals surface area contributed by atoms with Crippen LogP contribution in [0.1, 0.15) is 49.9 Å². The smallest absolute Gasteiger partial charge is 0.416 e. The number of halogens is 4. The van der Waals surface area contributed by atoms with Gasteiger partial charge in [0, 0.05) is 5.56 Å². The molecule has 0 fully saturated rings. The Morgan fingerprint density at radius 2 is 1.58 bits per heavy atom. The summed E-state index contributed by atoms with van der Waals surface area (Å²) in [6, 6.07) is 13.4. The molecule has 3 aromatic rings. The van der Waals surface area contributed by atoms with Crippen LogP contribution in [0.5, 0.6) is 5.75 Å². The second-order valence-electron chi connectivity index (χ2n) is 7.82. The number of amides is 1. The van der Waals surface area contributed by atoms with Crippen LogP contribution in [0, 0.1) is 12.7 Å². The van der Waals surface area contributed by atoms with Crippen LogP contribution >= 0.6 is 0 Å². The van der Waals surface area contributed by atoms with Gasteiger partial charge >= 0.3 is 18.1 Å². The Labute approximate surface area is 203 Å². The van der Waals surface area contributed by atoms with Gasteiger partial charge in [-0.3, -0.25) is 9.59 Å². The van der Waals surface area contributed by atoms with Gasteiger partial charge in [-0.25, -0.2) is 9.18 Å². The molecule has 1 N–H and O–H groups in total. The lowest BCUT2D eigenvalue weighted by molar-refractivity contribution is -0.139. The number of alkyl halides is 3. The van der Waals surface area contributed by atoms with Crippen LogP contribution < -0.4 is 10.1 Å². The summed E-state index contributed by atoms with van der Waals surface area (Å²) < 4.78 is 62.1. The molecule has 6 nitrogen and oxygen atoms in total. The fraction of sp³-hybridized carbons (Fsp3) is 0.192. The summed E-state index contributed by atoms with van der Waals surface area (Å²) in [5, 5.41) is 2.69. The van der Waals surface area contributed by atoms with E-state index in [4.69, 9.17) is 4.74 Å². The lowest BCUT2D eigenvalue weighted by atomic mass is 10.0. The second-order valence-corrected chi connectivity index (χ2v) is 7.82. The molecular weight excluding hydrogens is 482 g/mol. The minimum Gasteiger partial charge on any atom is -0.497 e. The highest BCUT2D eigenvalue weighted by molar-refractivity contribution is 5.98. The maximum Gasteiger partial charge on any atom is 0.416 e. The number of benzene rings is 3. The Morgan fingerprint density at radius 1 is 0.944 bits per heavy atom. The molecule has 0 saturated carbocycles. The minimum atomic E-state index is -4.81. The zero-order chi connectivity index (χ0) is 26.5. The number of rotatable bonds is 7. The van der Waals surface area contributed by atoms with Crippen molar-refractivity contribution in [1.82, 2.24) is 5.32 Å². The number of ether oxygens (including phenoxy) is 2. The first-order chi connectivity index (χ1) is 17.0. The van der Waals surface area contributed by atoms with Gasteiger partial charge in [-0.15, -0.1) is 0 Å². The molecule has 1 atom stereocenters. The molecule has 0 bridgehead atoms. The van der Waals surface area contributed by atoms with Crippen molar-refractivity contribution in [3.05, 3.63) is 100 Å². The number of carbonyl (C=O) groups is 3. The predicted molar refractivity (Wildman–Crippen MR) is 121 cm³/mol. The molecule has 3 rings (SSSR count). The van der Waals surface area contributed by atoms with Crippen LogP contribution in [0.15, 0.2) is 66.7 Å². The van der Waals surface area contributed by atoms with E-state index < -0.39 is 53.4 Å². The zero-order valence-corrected chi connectivity index (χ0v) is 19.2. The quantitative estimate of drug-likeness (QED) is 0.265. The van der Waals surface area contributed by atoms with Crippen molar-refractivity contribution < 1.29 is 41.4 Å². The largest absolute Gasteiger partial charge is 0.497 e. The highest BCUT2D eigenvalue weighted by Gasteiger charge is 2.32. The third-order valence-corrected chi connectivity index (χ3v) is 5.23. The van der Waals surface area contributed by atoms with Gasteiger partial charge in [-0.05, 0) is 55.0 Å². The molecule has 188 valence electrons. The molecule has 0 saturated heterocycles. The summed E-state index contributed by atoms with van der Waals surface area (Å²) in [7, 11) is 1.47. The summed E-state index contributed by atoms with van der Waals surface area (Å²) in [5.74, 6) is -4.03. The number of carbonyl (C=O) groups excluding carboxylic acids is 3. The zero-order valence-electron chi connectivity index (χ0n) is 19.2. The lowest BCUT2D eigenvalue weighted by Gasteiger charge is -2.19. The van der Waals surface area contributed by atoms with Gasteiger partial charge in [-0.2, -0.15) is 13.2 Å². The van der Waals surface area contributed by atoms with Gasteiger partial charge < -0.3 is 14.8 Å². The molecule has 3 aromatic carbocycles. The van der Waals surface area contributed by atoms with E-state index in [1.807, 2.05) is 6.92 Å². The summed E-state index contributed by atoms with van der Waals surface area (Å²) in [6.07, 6.45) is -5.32. The monoisotopic (exact) mass is 503 g/mol. The molecule has 0 aliphatic rings. The van der Waals surface area contributed by atoms with Gasteiger partial charge in [0.15, 0.2) is 0 Å². The Bertz CT molecular complexity index is 1250. The first-order valence-electron chi connectivity index (χ1n) is 10.6. The summed E-state index contributed by atoms with van der Waals surface area (Å²) in [4.78, 5) is 37.5. The minimum absolute atomic E-state index is 0.142. The normalized spacial score (nSPS) is 11.9. The number of hydrogen-bond donors (Lipinski definition) is 1. The van der Waals surface area contributed by atoms with Gasteiger partial charge in [0.1, 0.15) is 11.6 Å². The van der Waals surface area contributed by atoms with Crippen molar-refractivity contribution in [2.75, 3.05) is 7.11 Å². The fourth-order valence-corrected chi connectivity index (χ4v) is 3.26. The number of esters is 2. The van der Waals surface area contributed by atoms with Crippen LogP contribution in [-0.4, -0.2) is 25.0 Å². The van der Waals surface area contributed by atoms with Gasteiger partial charge in [-0.1, -0.05) is 29.8 Å². The summed E-state index contributed by atoms with van der Waals surface area (Å²) in [6.45, 7) is 1.86. The van der Waals surface area contributed by atoms with Crippen molar-refractivity contribution in [1.29, 1.82) is 0 Å². The van der Waals surface area contributed by atoms with E-state index in [1.54, 1.807) is 48.5 Å². The van der Waals surface area contributed by atoms with Crippen LogP contribution in [0.25, 0.3) is 0 Å². The second kappa shape index (κ2) is 11.0. The SMILES string of the molecule is COc1ccc(C(CC(=O)OC(=O)c2ccc(C(F)(F)F)cc2F)NC(=O)c2ccc(C)cc2)cc1. The van der Waals surface area contributed by atoms with Crippen LogP contribution in [0.3, 0.4) is 0 Å². The molecule has 1 amide bonds.